The molecule has 0 saturated heterocycles. The molecular weight excluding hydrogens is 152 g/mol. The third-order valence-corrected chi connectivity index (χ3v) is 1.71. The van der Waals surface area contributed by atoms with E-state index in [0.717, 1.165) is 23.3 Å². The van der Waals surface area contributed by atoms with Crippen LogP contribution in [0.4, 0.5) is 5.69 Å². The standard InChI is InChI=1S/C9H10N2O/c1-2-10-7-3-4-8-9(5-7)12-6-11-8/h3-6,10H,2H2,1H3. The Kier molecular flexibility index (Phi) is 1.70. The van der Waals surface area contributed by atoms with Crippen LogP contribution >= 0.6 is 0 Å². The molecule has 0 aliphatic carbocycles. The molecule has 1 aromatic heterocycles. The molecule has 0 aliphatic heterocycles. The first-order chi connectivity index (χ1) is 5.90. The Balaban J connectivity index is 2.46. The zero-order valence-electron chi connectivity index (χ0n) is 6.87. The molecule has 62 valence electrons. The van der Waals surface area contributed by atoms with Crippen molar-refractivity contribution >= 4 is 16.8 Å². The third-order valence-electron chi connectivity index (χ3n) is 1.71. The molecule has 12 heavy (non-hydrogen) atoms. The van der Waals surface area contributed by atoms with Gasteiger partial charge in [0.05, 0.1) is 0 Å². The summed E-state index contributed by atoms with van der Waals surface area (Å²) < 4.78 is 5.15. The molecule has 0 spiro atoms. The predicted molar refractivity (Wildman–Crippen MR) is 48.2 cm³/mol. The van der Waals surface area contributed by atoms with Crippen LogP contribution < -0.4 is 5.32 Å². The highest BCUT2D eigenvalue weighted by Crippen LogP contribution is 2.17. The van der Waals surface area contributed by atoms with E-state index >= 15 is 0 Å². The van der Waals surface area contributed by atoms with E-state index in [0.29, 0.717) is 0 Å². The zero-order chi connectivity index (χ0) is 8.39. The number of hydrogen-bond donors (Lipinski definition) is 1. The molecule has 0 aliphatic rings. The number of rotatable bonds is 2. The van der Waals surface area contributed by atoms with Crippen molar-refractivity contribution in [1.29, 1.82) is 0 Å². The SMILES string of the molecule is CCNc1ccc2ncoc2c1. The van der Waals surface area contributed by atoms with Crippen molar-refractivity contribution < 1.29 is 4.42 Å². The number of oxazole rings is 1. The molecular formula is C9H10N2O. The van der Waals surface area contributed by atoms with E-state index in [2.05, 4.69) is 17.2 Å². The lowest BCUT2D eigenvalue weighted by molar-refractivity contribution is 0.602. The molecule has 0 fully saturated rings. The van der Waals surface area contributed by atoms with Crippen LogP contribution in [0, 0.1) is 0 Å². The highest BCUT2D eigenvalue weighted by molar-refractivity contribution is 5.76. The molecule has 1 N–H and O–H groups in total. The van der Waals surface area contributed by atoms with E-state index in [1.807, 2.05) is 18.2 Å². The van der Waals surface area contributed by atoms with Gasteiger partial charge in [0, 0.05) is 18.3 Å². The minimum Gasteiger partial charge on any atom is -0.443 e. The van der Waals surface area contributed by atoms with Crippen LogP contribution in [0.15, 0.2) is 29.0 Å². The van der Waals surface area contributed by atoms with E-state index in [9.17, 15) is 0 Å². The van der Waals surface area contributed by atoms with Crippen LogP contribution in [0.3, 0.4) is 0 Å². The Labute approximate surface area is 70.4 Å². The quantitative estimate of drug-likeness (QED) is 0.736. The van der Waals surface area contributed by atoms with Crippen LogP contribution in [0.1, 0.15) is 6.92 Å². The van der Waals surface area contributed by atoms with E-state index in [1.54, 1.807) is 0 Å². The maximum Gasteiger partial charge on any atom is 0.181 e. The van der Waals surface area contributed by atoms with Crippen LogP contribution in [0.5, 0.6) is 0 Å². The van der Waals surface area contributed by atoms with E-state index in [4.69, 9.17) is 4.42 Å². The van der Waals surface area contributed by atoms with E-state index in [1.165, 1.54) is 6.39 Å². The largest absolute Gasteiger partial charge is 0.443 e. The van der Waals surface area contributed by atoms with Crippen molar-refractivity contribution in [3.05, 3.63) is 24.6 Å². The second-order valence-electron chi connectivity index (χ2n) is 2.57. The van der Waals surface area contributed by atoms with E-state index in [-0.39, 0.29) is 0 Å². The fourth-order valence-corrected chi connectivity index (χ4v) is 1.17. The van der Waals surface area contributed by atoms with Crippen molar-refractivity contribution in [2.45, 2.75) is 6.92 Å². The highest BCUT2D eigenvalue weighted by atomic mass is 16.3. The summed E-state index contributed by atoms with van der Waals surface area (Å²) in [5.41, 5.74) is 2.80. The first kappa shape index (κ1) is 7.16. The molecule has 2 rings (SSSR count). The van der Waals surface area contributed by atoms with Crippen LogP contribution in [0.25, 0.3) is 11.1 Å². The average Bonchev–Trinajstić information content (AvgIpc) is 2.51. The molecule has 0 atom stereocenters. The van der Waals surface area contributed by atoms with Gasteiger partial charge < -0.3 is 9.73 Å². The molecule has 0 radical (unpaired) electrons. The molecule has 2 aromatic rings. The van der Waals surface area contributed by atoms with Crippen LogP contribution in [0.2, 0.25) is 0 Å². The molecule has 3 nitrogen and oxygen atoms in total. The molecule has 0 bridgehead atoms. The minimum absolute atomic E-state index is 0.827. The summed E-state index contributed by atoms with van der Waals surface area (Å²) in [6, 6.07) is 5.89. The van der Waals surface area contributed by atoms with Crippen LogP contribution in [-0.2, 0) is 0 Å². The van der Waals surface area contributed by atoms with Crippen molar-refractivity contribution in [3.63, 3.8) is 0 Å². The van der Waals surface area contributed by atoms with Gasteiger partial charge in [-0.3, -0.25) is 0 Å². The fraction of sp³-hybridized carbons (Fsp3) is 0.222. The number of nitrogens with one attached hydrogen (secondary N) is 1. The molecule has 0 amide bonds. The fourth-order valence-electron chi connectivity index (χ4n) is 1.17. The van der Waals surface area contributed by atoms with Gasteiger partial charge in [-0.05, 0) is 19.1 Å². The summed E-state index contributed by atoms with van der Waals surface area (Å²) in [6.45, 7) is 2.98. The Morgan fingerprint density at radius 1 is 1.50 bits per heavy atom. The highest BCUT2D eigenvalue weighted by Gasteiger charge is 1.97. The summed E-state index contributed by atoms with van der Waals surface area (Å²) in [4.78, 5) is 4.03. The summed E-state index contributed by atoms with van der Waals surface area (Å²) in [5.74, 6) is 0. The Hall–Kier alpha value is -1.51. The van der Waals surface area contributed by atoms with Gasteiger partial charge in [-0.2, -0.15) is 0 Å². The molecule has 1 heterocycles. The van der Waals surface area contributed by atoms with Gasteiger partial charge in [0.1, 0.15) is 5.52 Å². The van der Waals surface area contributed by atoms with Gasteiger partial charge in [0.15, 0.2) is 12.0 Å². The van der Waals surface area contributed by atoms with Crippen molar-refractivity contribution in [3.8, 4) is 0 Å². The maximum absolute atomic E-state index is 5.15. The Bertz CT molecular complexity index is 381. The lowest BCUT2D eigenvalue weighted by Gasteiger charge is -2.00. The second-order valence-corrected chi connectivity index (χ2v) is 2.57. The summed E-state index contributed by atoms with van der Waals surface area (Å²) in [7, 11) is 0. The second kappa shape index (κ2) is 2.85. The first-order valence-corrected chi connectivity index (χ1v) is 3.97. The number of anilines is 1. The number of benzene rings is 1. The summed E-state index contributed by atoms with van der Waals surface area (Å²) in [6.07, 6.45) is 1.46. The summed E-state index contributed by atoms with van der Waals surface area (Å²) in [5, 5.41) is 3.20. The Morgan fingerprint density at radius 2 is 2.42 bits per heavy atom. The molecule has 3 heteroatoms. The molecule has 0 saturated carbocycles. The maximum atomic E-state index is 5.15. The van der Waals surface area contributed by atoms with Gasteiger partial charge in [0.25, 0.3) is 0 Å². The summed E-state index contributed by atoms with van der Waals surface area (Å²) >= 11 is 0. The zero-order valence-corrected chi connectivity index (χ0v) is 6.87. The van der Waals surface area contributed by atoms with Crippen LogP contribution in [-0.4, -0.2) is 11.5 Å². The third kappa shape index (κ3) is 1.13. The smallest absolute Gasteiger partial charge is 0.181 e. The minimum atomic E-state index is 0.827. The van der Waals surface area contributed by atoms with Crippen molar-refractivity contribution in [2.24, 2.45) is 0 Å². The van der Waals surface area contributed by atoms with Crippen molar-refractivity contribution in [1.82, 2.24) is 4.98 Å². The lowest BCUT2D eigenvalue weighted by Crippen LogP contribution is -1.95. The van der Waals surface area contributed by atoms with Gasteiger partial charge in [-0.1, -0.05) is 0 Å². The molecule has 1 aromatic carbocycles. The van der Waals surface area contributed by atoms with E-state index < -0.39 is 0 Å². The monoisotopic (exact) mass is 162 g/mol. The first-order valence-electron chi connectivity index (χ1n) is 3.97. The van der Waals surface area contributed by atoms with Crippen molar-refractivity contribution in [2.75, 3.05) is 11.9 Å². The number of nitrogens with zero attached hydrogens (tertiary/aromatic N) is 1. The van der Waals surface area contributed by atoms with Gasteiger partial charge in [-0.25, -0.2) is 4.98 Å². The lowest BCUT2D eigenvalue weighted by atomic mass is 10.3. The predicted octanol–water partition coefficient (Wildman–Crippen LogP) is 2.26. The number of hydrogen-bond acceptors (Lipinski definition) is 3. The van der Waals surface area contributed by atoms with Gasteiger partial charge in [-0.15, -0.1) is 0 Å². The normalized spacial score (nSPS) is 10.4. The molecule has 0 unspecified atom stereocenters. The average molecular weight is 162 g/mol. The van der Waals surface area contributed by atoms with Gasteiger partial charge in [0.2, 0.25) is 0 Å². The number of aromatic nitrogens is 1. The topological polar surface area (TPSA) is 38.1 Å². The Morgan fingerprint density at radius 3 is 3.25 bits per heavy atom. The van der Waals surface area contributed by atoms with Gasteiger partial charge >= 0.3 is 0 Å². The number of fused-ring (bicyclic) bond motifs is 1.